The van der Waals surface area contributed by atoms with Crippen LogP contribution in [0, 0.1) is 0 Å². The fourth-order valence-electron chi connectivity index (χ4n) is 8.84. The molecule has 3 saturated heterocycles. The van der Waals surface area contributed by atoms with Crippen LogP contribution in [0.1, 0.15) is 71.4 Å². The minimum atomic E-state index is -2.77. The Morgan fingerprint density at radius 1 is 0.657 bits per heavy atom. The maximum atomic E-state index is 14.4. The maximum absolute atomic E-state index is 14.4. The average Bonchev–Trinajstić information content (AvgIpc) is 3.62. The molecule has 67 heavy (non-hydrogen) atoms. The number of rotatable bonds is 14. The summed E-state index contributed by atoms with van der Waals surface area (Å²) in [5, 5.41) is 12.2. The van der Waals surface area contributed by atoms with Crippen LogP contribution in [0.5, 0.6) is 0 Å². The van der Waals surface area contributed by atoms with E-state index < -0.39 is 99.5 Å². The number of benzene rings is 3. The van der Waals surface area contributed by atoms with Gasteiger partial charge in [0.25, 0.3) is 23.6 Å². The molecule has 0 radical (unpaired) electrons. The van der Waals surface area contributed by atoms with Gasteiger partial charge in [-0.15, -0.1) is 0 Å². The quantitative estimate of drug-likeness (QED) is 0.142. The third kappa shape index (κ3) is 9.66. The van der Waals surface area contributed by atoms with E-state index in [0.717, 1.165) is 20.9 Å². The van der Waals surface area contributed by atoms with E-state index >= 15 is 0 Å². The summed E-state index contributed by atoms with van der Waals surface area (Å²) in [6.07, 6.45) is -10.8. The van der Waals surface area contributed by atoms with Gasteiger partial charge in [0, 0.05) is 27.9 Å². The first-order chi connectivity index (χ1) is 31.9. The molecular weight excluding hydrogens is 877 g/mol. The number of nitrogens with zero attached hydrogens (tertiary/aromatic N) is 2. The van der Waals surface area contributed by atoms with Gasteiger partial charge in [0.1, 0.15) is 48.7 Å². The van der Waals surface area contributed by atoms with Gasteiger partial charge >= 0.3 is 0 Å². The van der Waals surface area contributed by atoms with E-state index in [1.165, 1.54) is 0 Å². The summed E-state index contributed by atoms with van der Waals surface area (Å²) in [5.41, 5.74) is 3.33. The second-order valence-electron chi connectivity index (χ2n) is 19.4. The molecule has 0 aliphatic carbocycles. The predicted octanol–water partition coefficient (Wildman–Crippen LogP) is 6.27. The highest BCUT2D eigenvalue weighted by Gasteiger charge is 2.61. The Bertz CT molecular complexity index is 2320. The van der Waals surface area contributed by atoms with E-state index in [1.807, 2.05) is 91.0 Å². The number of imide groups is 2. The molecule has 5 heterocycles. The van der Waals surface area contributed by atoms with Crippen molar-refractivity contribution in [1.82, 2.24) is 9.80 Å². The molecule has 358 valence electrons. The van der Waals surface area contributed by atoms with E-state index in [9.17, 15) is 24.3 Å². The van der Waals surface area contributed by atoms with Crippen molar-refractivity contribution in [1.29, 1.82) is 0 Å². The van der Waals surface area contributed by atoms with Gasteiger partial charge in [-0.2, -0.15) is 0 Å². The summed E-state index contributed by atoms with van der Waals surface area (Å²) in [4.78, 5) is 59.2. The molecule has 4 amide bonds. The predicted molar refractivity (Wildman–Crippen MR) is 246 cm³/mol. The number of hydrogen-bond donors (Lipinski definition) is 1. The summed E-state index contributed by atoms with van der Waals surface area (Å²) in [7, 11) is -2.77. The highest BCUT2D eigenvalue weighted by Crippen LogP contribution is 2.44. The van der Waals surface area contributed by atoms with Crippen molar-refractivity contribution in [2.45, 2.75) is 147 Å². The Hall–Kier alpha value is -4.72. The van der Waals surface area contributed by atoms with Gasteiger partial charge in [-0.25, -0.2) is 0 Å². The molecule has 0 aromatic heterocycles. The first-order valence-corrected chi connectivity index (χ1v) is 25.8. The molecule has 11 atom stereocenters. The number of amides is 4. The number of carbonyl (C=O) groups is 4. The van der Waals surface area contributed by atoms with Crippen LogP contribution in [-0.2, 0) is 70.0 Å². The van der Waals surface area contributed by atoms with Crippen LogP contribution in [0.3, 0.4) is 0 Å². The molecule has 15 nitrogen and oxygen atoms in total. The van der Waals surface area contributed by atoms with Crippen molar-refractivity contribution >= 4 is 31.9 Å². The summed E-state index contributed by atoms with van der Waals surface area (Å²) < 4.78 is 53.9. The Balaban J connectivity index is 1.24. The molecule has 0 unspecified atom stereocenters. The van der Waals surface area contributed by atoms with E-state index in [1.54, 1.807) is 27.7 Å². The second-order valence-corrected chi connectivity index (χ2v) is 24.2. The van der Waals surface area contributed by atoms with Crippen molar-refractivity contribution in [3.8, 4) is 0 Å². The lowest BCUT2D eigenvalue weighted by atomic mass is 9.92. The molecule has 0 saturated carbocycles. The number of carbonyl (C=O) groups excluding carboxylic acids is 4. The van der Waals surface area contributed by atoms with Crippen LogP contribution in [-0.4, -0.2) is 121 Å². The van der Waals surface area contributed by atoms with Gasteiger partial charge in [0.05, 0.1) is 26.4 Å². The zero-order chi connectivity index (χ0) is 47.9. The topological polar surface area (TPSA) is 169 Å². The molecule has 0 bridgehead atoms. The SMILES string of the molecule is CC1=C(C)C(=O)N([C@H]2[C@H](O[C@H]3[C@H](OCc4ccccc4)[C@@H](N4C(=O)C(C)=C(C)C4=O)[C@H](O[Si](C)(C)C(C)(C)C)O[C@@H]3COCc3ccccc3)O[C@@H]3CO[C@@H](c4ccccc4)O[C@H]3[C@@H]2O)C1=O. The van der Waals surface area contributed by atoms with Gasteiger partial charge in [0.2, 0.25) is 0 Å². The molecule has 3 aromatic rings. The Kier molecular flexibility index (Phi) is 14.3. The summed E-state index contributed by atoms with van der Waals surface area (Å²) in [6.45, 7) is 16.7. The summed E-state index contributed by atoms with van der Waals surface area (Å²) in [5.74, 6) is -2.32. The molecule has 16 heteroatoms. The van der Waals surface area contributed by atoms with Gasteiger partial charge in [-0.05, 0) is 57.0 Å². The number of aliphatic hydroxyl groups excluding tert-OH is 1. The van der Waals surface area contributed by atoms with Crippen molar-refractivity contribution in [3.05, 3.63) is 130 Å². The minimum absolute atomic E-state index is 0.00409. The molecule has 5 aliphatic rings. The number of fused-ring (bicyclic) bond motifs is 1. The Morgan fingerprint density at radius 3 is 1.70 bits per heavy atom. The third-order valence-electron chi connectivity index (χ3n) is 14.1. The smallest absolute Gasteiger partial charge is 0.257 e. The molecule has 5 aliphatic heterocycles. The van der Waals surface area contributed by atoms with Crippen LogP contribution in [0.4, 0.5) is 0 Å². The van der Waals surface area contributed by atoms with Crippen LogP contribution < -0.4 is 0 Å². The molecule has 8 rings (SSSR count). The first-order valence-electron chi connectivity index (χ1n) is 22.9. The fourth-order valence-corrected chi connectivity index (χ4v) is 9.97. The summed E-state index contributed by atoms with van der Waals surface area (Å²) >= 11 is 0. The van der Waals surface area contributed by atoms with E-state index in [4.69, 9.17) is 37.6 Å². The number of hydrogen-bond acceptors (Lipinski definition) is 13. The van der Waals surface area contributed by atoms with E-state index in [-0.39, 0.29) is 53.8 Å². The summed E-state index contributed by atoms with van der Waals surface area (Å²) in [6, 6.07) is 25.5. The normalized spacial score (nSPS) is 30.7. The van der Waals surface area contributed by atoms with Gasteiger partial charge in [-0.1, -0.05) is 112 Å². The van der Waals surface area contributed by atoms with Crippen molar-refractivity contribution in [2.75, 3.05) is 13.2 Å². The Labute approximate surface area is 393 Å². The van der Waals surface area contributed by atoms with Crippen molar-refractivity contribution < 1.29 is 61.9 Å². The second kappa shape index (κ2) is 19.7. The largest absolute Gasteiger partial charge is 0.391 e. The number of ether oxygens (including phenoxy) is 7. The minimum Gasteiger partial charge on any atom is -0.391 e. The van der Waals surface area contributed by atoms with Crippen molar-refractivity contribution in [2.24, 2.45) is 0 Å². The van der Waals surface area contributed by atoms with Crippen LogP contribution >= 0.6 is 0 Å². The van der Waals surface area contributed by atoms with E-state index in [2.05, 4.69) is 33.9 Å². The van der Waals surface area contributed by atoms with Crippen LogP contribution in [0.25, 0.3) is 0 Å². The lowest BCUT2D eigenvalue weighted by Crippen LogP contribution is -2.72. The Morgan fingerprint density at radius 2 is 1.16 bits per heavy atom. The average molecular weight is 939 g/mol. The molecular formula is C51H62N2O13Si. The zero-order valence-electron chi connectivity index (χ0n) is 39.6. The van der Waals surface area contributed by atoms with Crippen LogP contribution in [0.2, 0.25) is 18.1 Å². The highest BCUT2D eigenvalue weighted by molar-refractivity contribution is 6.74. The molecule has 3 aromatic carbocycles. The molecule has 3 fully saturated rings. The van der Waals surface area contributed by atoms with Crippen LogP contribution in [0.15, 0.2) is 113 Å². The monoisotopic (exact) mass is 938 g/mol. The van der Waals surface area contributed by atoms with Gasteiger partial charge in [-0.3, -0.25) is 29.0 Å². The number of aliphatic hydroxyl groups is 1. The molecule has 0 spiro atoms. The molecule has 1 N–H and O–H groups in total. The van der Waals surface area contributed by atoms with Gasteiger partial charge < -0.3 is 42.7 Å². The lowest BCUT2D eigenvalue weighted by Gasteiger charge is -2.54. The van der Waals surface area contributed by atoms with Crippen molar-refractivity contribution in [3.63, 3.8) is 0 Å². The van der Waals surface area contributed by atoms with Gasteiger partial charge in [0.15, 0.2) is 27.2 Å². The lowest BCUT2D eigenvalue weighted by molar-refractivity contribution is -0.372. The maximum Gasteiger partial charge on any atom is 0.257 e. The van der Waals surface area contributed by atoms with E-state index in [0.29, 0.717) is 5.56 Å². The standard InChI is InChI=1S/C51H62N2O13Si/c1-29-30(2)45(56)52(44(29)55)38-40(54)41-37(28-61-48(64-41)35-23-17-12-18-24-35)62-49(38)65-42-36(27-59-25-33-19-13-10-14-20-33)63-50(66-67(8,9)51(5,6)7)39(53-46(57)31(3)32(4)47(53)58)43(42)60-26-34-21-15-11-16-22-34/h10-24,36-43,48-50,54H,25-28H2,1-9H3/t36-,37-,38-,39-,40-,41-,42-,43-,48-,49+,50+/m1/s1. The fraction of sp³-hybridized carbons (Fsp3) is 0.490. The third-order valence-corrected chi connectivity index (χ3v) is 18.5. The highest BCUT2D eigenvalue weighted by atomic mass is 28.4. The zero-order valence-corrected chi connectivity index (χ0v) is 40.6. The first kappa shape index (κ1) is 48.7.